The molecule has 1 aromatic heterocycles. The number of fused-ring (bicyclic) bond motifs is 1. The van der Waals surface area contributed by atoms with E-state index >= 15 is 0 Å². The predicted molar refractivity (Wildman–Crippen MR) is 69.5 cm³/mol. The molecule has 1 heterocycles. The van der Waals surface area contributed by atoms with Gasteiger partial charge in [-0.25, -0.2) is 10.2 Å². The molecule has 0 fully saturated rings. The molecule has 0 saturated carbocycles. The van der Waals surface area contributed by atoms with Gasteiger partial charge in [0.05, 0.1) is 17.4 Å². The van der Waals surface area contributed by atoms with Crippen molar-refractivity contribution in [3.63, 3.8) is 0 Å². The highest BCUT2D eigenvalue weighted by Crippen LogP contribution is 2.20. The van der Waals surface area contributed by atoms with Gasteiger partial charge >= 0.3 is 6.03 Å². The van der Waals surface area contributed by atoms with Crippen LogP contribution in [0, 0.1) is 0 Å². The second-order valence-electron chi connectivity index (χ2n) is 2.89. The zero-order chi connectivity index (χ0) is 11.4. The van der Waals surface area contributed by atoms with Crippen molar-refractivity contribution in [3.8, 4) is 0 Å². The first kappa shape index (κ1) is 13.1. The second kappa shape index (κ2) is 5.95. The third-order valence-corrected chi connectivity index (χ3v) is 2.37. The average molecular weight is 246 g/mol. The molecular weight excluding hydrogens is 237 g/mol. The number of aromatic nitrogens is 2. The topological polar surface area (TPSA) is 79.3 Å². The molecule has 2 amide bonds. The number of urea groups is 1. The molecule has 6 nitrogen and oxygen atoms in total. The summed E-state index contributed by atoms with van der Waals surface area (Å²) in [6.45, 7) is 1.71. The van der Waals surface area contributed by atoms with Crippen LogP contribution in [0.1, 0.15) is 6.92 Å². The summed E-state index contributed by atoms with van der Waals surface area (Å²) in [5.74, 6) is 0. The Morgan fingerprint density at radius 1 is 1.47 bits per heavy atom. The van der Waals surface area contributed by atoms with Crippen molar-refractivity contribution >= 4 is 49.1 Å². The van der Waals surface area contributed by atoms with Crippen LogP contribution >= 0.6 is 11.7 Å². The number of anilines is 1. The summed E-state index contributed by atoms with van der Waals surface area (Å²) >= 11 is 1.11. The number of hydrogen-bond donors (Lipinski definition) is 2. The lowest BCUT2D eigenvalue weighted by Crippen LogP contribution is -2.24. The minimum absolute atomic E-state index is 0. The summed E-state index contributed by atoms with van der Waals surface area (Å²) in [5.41, 5.74) is 4.38. The minimum Gasteiger partial charge on any atom is -0.304 e. The molecule has 0 aliphatic rings. The van der Waals surface area contributed by atoms with Crippen LogP contribution in [0.2, 0.25) is 0 Å². The maximum atomic E-state index is 11.4. The summed E-state index contributed by atoms with van der Waals surface area (Å²) < 4.78 is 8.18. The van der Waals surface area contributed by atoms with Crippen molar-refractivity contribution in [2.75, 3.05) is 5.32 Å². The fraction of sp³-hybridized carbons (Fsp3) is 0.111. The van der Waals surface area contributed by atoms with E-state index in [0.717, 1.165) is 17.2 Å². The van der Waals surface area contributed by atoms with Gasteiger partial charge in [0.25, 0.3) is 0 Å². The smallest absolute Gasteiger partial charge is 0.304 e. The molecule has 0 aliphatic carbocycles. The fourth-order valence-corrected chi connectivity index (χ4v) is 1.73. The molecule has 85 valence electrons. The molecule has 0 atom stereocenters. The van der Waals surface area contributed by atoms with Crippen LogP contribution in [0.15, 0.2) is 23.3 Å². The standard InChI is InChI=1S/C9H9N5OS.B/c1-2-10-12-9(15)11-6-4-3-5-7-8(6)14-16-13-7;/h2-5H,1H3,(H2,11,12,15);/b10-2+;. The van der Waals surface area contributed by atoms with Crippen molar-refractivity contribution in [2.24, 2.45) is 5.10 Å². The van der Waals surface area contributed by atoms with Crippen LogP contribution in [0.5, 0.6) is 0 Å². The quantitative estimate of drug-likeness (QED) is 0.478. The van der Waals surface area contributed by atoms with Crippen LogP contribution in [0.4, 0.5) is 10.5 Å². The van der Waals surface area contributed by atoms with E-state index in [4.69, 9.17) is 0 Å². The molecule has 8 heteroatoms. The molecular formula is C9H9BN5OS. The van der Waals surface area contributed by atoms with Crippen molar-refractivity contribution in [3.05, 3.63) is 18.2 Å². The van der Waals surface area contributed by atoms with E-state index in [1.807, 2.05) is 12.1 Å². The van der Waals surface area contributed by atoms with Crippen LogP contribution < -0.4 is 10.7 Å². The van der Waals surface area contributed by atoms with Crippen LogP contribution in [-0.2, 0) is 0 Å². The van der Waals surface area contributed by atoms with Gasteiger partial charge < -0.3 is 5.32 Å². The molecule has 0 aliphatic heterocycles. The van der Waals surface area contributed by atoms with Gasteiger partial charge in [-0.15, -0.1) is 0 Å². The monoisotopic (exact) mass is 246 g/mol. The van der Waals surface area contributed by atoms with E-state index in [0.29, 0.717) is 11.2 Å². The molecule has 0 bridgehead atoms. The molecule has 2 N–H and O–H groups in total. The van der Waals surface area contributed by atoms with Gasteiger partial charge in [0, 0.05) is 14.6 Å². The van der Waals surface area contributed by atoms with Gasteiger partial charge in [-0.3, -0.25) is 0 Å². The normalized spacial score (nSPS) is 10.2. The Morgan fingerprint density at radius 3 is 3.06 bits per heavy atom. The van der Waals surface area contributed by atoms with E-state index in [1.165, 1.54) is 6.21 Å². The Hall–Kier alpha value is -1.96. The van der Waals surface area contributed by atoms with Crippen LogP contribution in [0.3, 0.4) is 0 Å². The number of amides is 2. The number of carbonyl (C=O) groups excluding carboxylic acids is 1. The Kier molecular flexibility index (Phi) is 4.59. The van der Waals surface area contributed by atoms with Gasteiger partial charge in [0.2, 0.25) is 0 Å². The van der Waals surface area contributed by atoms with Gasteiger partial charge in [-0.1, -0.05) is 6.07 Å². The van der Waals surface area contributed by atoms with Crippen molar-refractivity contribution in [1.82, 2.24) is 14.2 Å². The maximum Gasteiger partial charge on any atom is 0.339 e. The van der Waals surface area contributed by atoms with E-state index in [2.05, 4.69) is 24.6 Å². The highest BCUT2D eigenvalue weighted by Gasteiger charge is 2.07. The first-order valence-electron chi connectivity index (χ1n) is 4.57. The number of hydrazone groups is 1. The van der Waals surface area contributed by atoms with E-state index in [-0.39, 0.29) is 8.41 Å². The third kappa shape index (κ3) is 3.00. The van der Waals surface area contributed by atoms with Crippen LogP contribution in [0.25, 0.3) is 11.0 Å². The summed E-state index contributed by atoms with van der Waals surface area (Å²) in [6.07, 6.45) is 1.49. The van der Waals surface area contributed by atoms with Crippen molar-refractivity contribution in [2.45, 2.75) is 6.92 Å². The maximum absolute atomic E-state index is 11.4. The lowest BCUT2D eigenvalue weighted by molar-refractivity contribution is 0.252. The number of benzene rings is 1. The number of nitrogens with zero attached hydrogens (tertiary/aromatic N) is 3. The van der Waals surface area contributed by atoms with E-state index < -0.39 is 6.03 Å². The molecule has 2 rings (SSSR count). The SMILES string of the molecule is C/C=N/NC(=O)Nc1cccc2nsnc12.[B]. The lowest BCUT2D eigenvalue weighted by Gasteiger charge is -2.03. The van der Waals surface area contributed by atoms with Crippen molar-refractivity contribution in [1.29, 1.82) is 0 Å². The first-order chi connectivity index (χ1) is 7.81. The second-order valence-corrected chi connectivity index (χ2v) is 3.42. The molecule has 0 saturated heterocycles. The van der Waals surface area contributed by atoms with Gasteiger partial charge in [-0.2, -0.15) is 13.8 Å². The third-order valence-electron chi connectivity index (χ3n) is 1.83. The average Bonchev–Trinajstić information content (AvgIpc) is 2.75. The number of carbonyl (C=O) groups is 1. The zero-order valence-corrected chi connectivity index (χ0v) is 9.86. The Bertz CT molecular complexity index is 541. The molecule has 0 spiro atoms. The fourth-order valence-electron chi connectivity index (χ4n) is 1.18. The molecule has 1 aromatic carbocycles. The van der Waals surface area contributed by atoms with Gasteiger partial charge in [0.1, 0.15) is 11.0 Å². The summed E-state index contributed by atoms with van der Waals surface area (Å²) in [4.78, 5) is 11.4. The molecule has 17 heavy (non-hydrogen) atoms. The van der Waals surface area contributed by atoms with Gasteiger partial charge in [-0.05, 0) is 19.1 Å². The molecule has 3 radical (unpaired) electrons. The highest BCUT2D eigenvalue weighted by atomic mass is 32.1. The van der Waals surface area contributed by atoms with E-state index in [1.54, 1.807) is 13.0 Å². The summed E-state index contributed by atoms with van der Waals surface area (Å²) in [7, 11) is 0. The predicted octanol–water partition coefficient (Wildman–Crippen LogP) is 1.44. The number of rotatable bonds is 2. The zero-order valence-electron chi connectivity index (χ0n) is 9.04. The highest BCUT2D eigenvalue weighted by molar-refractivity contribution is 7.00. The minimum atomic E-state index is -0.404. The Labute approximate surface area is 104 Å². The molecule has 2 aromatic rings. The number of hydrogen-bond acceptors (Lipinski definition) is 5. The van der Waals surface area contributed by atoms with Gasteiger partial charge in [0.15, 0.2) is 0 Å². The van der Waals surface area contributed by atoms with Crippen molar-refractivity contribution < 1.29 is 4.79 Å². The summed E-state index contributed by atoms with van der Waals surface area (Å²) in [6, 6.07) is 5.01. The molecule has 0 unspecified atom stereocenters. The number of nitrogens with one attached hydrogen (secondary N) is 2. The van der Waals surface area contributed by atoms with Crippen LogP contribution in [-0.4, -0.2) is 29.4 Å². The summed E-state index contributed by atoms with van der Waals surface area (Å²) in [5, 5.41) is 6.26. The largest absolute Gasteiger partial charge is 0.339 e. The first-order valence-corrected chi connectivity index (χ1v) is 5.30. The lowest BCUT2D eigenvalue weighted by atomic mass is 10.2. The Morgan fingerprint density at radius 2 is 2.29 bits per heavy atom. The Balaban J connectivity index is 0.00000144. The van der Waals surface area contributed by atoms with E-state index in [9.17, 15) is 4.79 Å².